The van der Waals surface area contributed by atoms with Gasteiger partial charge in [-0.2, -0.15) is 4.98 Å². The minimum absolute atomic E-state index is 0.0736. The lowest BCUT2D eigenvalue weighted by molar-refractivity contribution is -0.116. The highest BCUT2D eigenvalue weighted by atomic mass is 16.1. The molecule has 0 saturated carbocycles. The fraction of sp³-hybridized carbons (Fsp3) is 0.308. The number of nitrogens with one attached hydrogen (secondary N) is 2. The molecule has 1 aromatic heterocycles. The largest absolute Gasteiger partial charge is 0.293 e. The standard InChI is InChI=1S/C13H16N4O/c1-9-4-3-5-11(8-9)6-7-12(18)15-13-14-10(2)16-17-13/h3-5,8H,6-7H2,1-2H3,(H2,14,15,16,17,18). The van der Waals surface area contributed by atoms with Crippen LogP contribution < -0.4 is 5.32 Å². The van der Waals surface area contributed by atoms with Crippen LogP contribution in [-0.4, -0.2) is 21.1 Å². The van der Waals surface area contributed by atoms with E-state index < -0.39 is 0 Å². The highest BCUT2D eigenvalue weighted by molar-refractivity contribution is 5.88. The fourth-order valence-corrected chi connectivity index (χ4v) is 1.71. The Morgan fingerprint density at radius 3 is 2.89 bits per heavy atom. The molecule has 2 N–H and O–H groups in total. The van der Waals surface area contributed by atoms with Gasteiger partial charge in [0.15, 0.2) is 0 Å². The molecule has 0 unspecified atom stereocenters. The number of carbonyl (C=O) groups excluding carboxylic acids is 1. The van der Waals surface area contributed by atoms with Gasteiger partial charge in [0.05, 0.1) is 0 Å². The first-order chi connectivity index (χ1) is 8.63. The number of hydrogen-bond donors (Lipinski definition) is 2. The van der Waals surface area contributed by atoms with Crippen molar-refractivity contribution in [3.63, 3.8) is 0 Å². The first kappa shape index (κ1) is 12.3. The van der Waals surface area contributed by atoms with Crippen molar-refractivity contribution in [1.29, 1.82) is 0 Å². The zero-order chi connectivity index (χ0) is 13.0. The highest BCUT2D eigenvalue weighted by Crippen LogP contribution is 2.07. The lowest BCUT2D eigenvalue weighted by atomic mass is 10.1. The van der Waals surface area contributed by atoms with E-state index in [-0.39, 0.29) is 5.91 Å². The Morgan fingerprint density at radius 2 is 2.22 bits per heavy atom. The lowest BCUT2D eigenvalue weighted by Crippen LogP contribution is -2.13. The summed E-state index contributed by atoms with van der Waals surface area (Å²) in [6.07, 6.45) is 1.15. The van der Waals surface area contributed by atoms with Crippen LogP contribution in [0.25, 0.3) is 0 Å². The molecule has 0 bridgehead atoms. The van der Waals surface area contributed by atoms with Crippen molar-refractivity contribution in [2.75, 3.05) is 5.32 Å². The van der Waals surface area contributed by atoms with Gasteiger partial charge >= 0.3 is 0 Å². The maximum atomic E-state index is 11.7. The Balaban J connectivity index is 1.85. The van der Waals surface area contributed by atoms with Gasteiger partial charge in [-0.1, -0.05) is 29.8 Å². The summed E-state index contributed by atoms with van der Waals surface area (Å²) in [7, 11) is 0. The second-order valence-electron chi connectivity index (χ2n) is 4.28. The molecule has 0 saturated heterocycles. The summed E-state index contributed by atoms with van der Waals surface area (Å²) in [4.78, 5) is 15.7. The van der Waals surface area contributed by atoms with Gasteiger partial charge in [0.25, 0.3) is 0 Å². The van der Waals surface area contributed by atoms with Gasteiger partial charge in [-0.3, -0.25) is 15.2 Å². The molecular formula is C13H16N4O. The Morgan fingerprint density at radius 1 is 1.39 bits per heavy atom. The van der Waals surface area contributed by atoms with Gasteiger partial charge in [0, 0.05) is 6.42 Å². The number of benzene rings is 1. The summed E-state index contributed by atoms with van der Waals surface area (Å²) in [6, 6.07) is 8.16. The molecule has 0 aliphatic heterocycles. The van der Waals surface area contributed by atoms with Crippen LogP contribution in [0.1, 0.15) is 23.4 Å². The third-order valence-corrected chi connectivity index (χ3v) is 2.57. The van der Waals surface area contributed by atoms with E-state index in [2.05, 4.69) is 26.6 Å². The zero-order valence-electron chi connectivity index (χ0n) is 10.5. The second kappa shape index (κ2) is 5.44. The summed E-state index contributed by atoms with van der Waals surface area (Å²) in [5.41, 5.74) is 2.37. The van der Waals surface area contributed by atoms with E-state index in [1.807, 2.05) is 25.1 Å². The molecule has 0 radical (unpaired) electrons. The van der Waals surface area contributed by atoms with Crippen molar-refractivity contribution in [2.45, 2.75) is 26.7 Å². The van der Waals surface area contributed by atoms with E-state index in [9.17, 15) is 4.79 Å². The minimum Gasteiger partial charge on any atom is -0.293 e. The van der Waals surface area contributed by atoms with Gasteiger partial charge in [-0.05, 0) is 25.8 Å². The number of rotatable bonds is 4. The molecule has 5 heteroatoms. The van der Waals surface area contributed by atoms with Crippen LogP contribution in [0.3, 0.4) is 0 Å². The quantitative estimate of drug-likeness (QED) is 0.864. The average molecular weight is 244 g/mol. The molecule has 1 aromatic carbocycles. The number of aromatic amines is 1. The normalized spacial score (nSPS) is 10.3. The van der Waals surface area contributed by atoms with Crippen molar-refractivity contribution >= 4 is 11.9 Å². The van der Waals surface area contributed by atoms with Crippen LogP contribution in [0.4, 0.5) is 5.95 Å². The van der Waals surface area contributed by atoms with Crippen LogP contribution in [0.5, 0.6) is 0 Å². The SMILES string of the molecule is Cc1cccc(CCC(=O)Nc2n[nH]c(C)n2)c1. The number of H-pyrrole nitrogens is 1. The number of aromatic nitrogens is 3. The molecule has 94 valence electrons. The van der Waals surface area contributed by atoms with Gasteiger partial charge in [-0.25, -0.2) is 0 Å². The molecule has 2 rings (SSSR count). The van der Waals surface area contributed by atoms with Crippen LogP contribution in [0, 0.1) is 13.8 Å². The monoisotopic (exact) mass is 244 g/mol. The van der Waals surface area contributed by atoms with Crippen molar-refractivity contribution in [3.05, 3.63) is 41.2 Å². The minimum atomic E-state index is -0.0736. The number of hydrogen-bond acceptors (Lipinski definition) is 3. The fourth-order valence-electron chi connectivity index (χ4n) is 1.71. The van der Waals surface area contributed by atoms with E-state index in [0.29, 0.717) is 18.2 Å². The molecule has 0 atom stereocenters. The second-order valence-corrected chi connectivity index (χ2v) is 4.28. The van der Waals surface area contributed by atoms with Gasteiger partial charge in [0.1, 0.15) is 5.82 Å². The molecule has 0 aliphatic rings. The van der Waals surface area contributed by atoms with E-state index in [1.165, 1.54) is 5.56 Å². The van der Waals surface area contributed by atoms with E-state index in [4.69, 9.17) is 0 Å². The van der Waals surface area contributed by atoms with Gasteiger partial charge < -0.3 is 0 Å². The number of nitrogens with zero attached hydrogens (tertiary/aromatic N) is 2. The smallest absolute Gasteiger partial charge is 0.248 e. The first-order valence-electron chi connectivity index (χ1n) is 5.88. The predicted molar refractivity (Wildman–Crippen MR) is 69.2 cm³/mol. The third-order valence-electron chi connectivity index (χ3n) is 2.57. The Labute approximate surface area is 106 Å². The van der Waals surface area contributed by atoms with Crippen molar-refractivity contribution in [3.8, 4) is 0 Å². The number of carbonyl (C=O) groups is 1. The Bertz CT molecular complexity index is 547. The Kier molecular flexibility index (Phi) is 3.72. The molecule has 1 heterocycles. The Hall–Kier alpha value is -2.17. The molecular weight excluding hydrogens is 228 g/mol. The number of anilines is 1. The summed E-state index contributed by atoms with van der Waals surface area (Å²) in [5, 5.41) is 9.19. The van der Waals surface area contributed by atoms with E-state index in [1.54, 1.807) is 6.92 Å². The van der Waals surface area contributed by atoms with E-state index >= 15 is 0 Å². The summed E-state index contributed by atoms with van der Waals surface area (Å²) in [5.74, 6) is 0.946. The lowest BCUT2D eigenvalue weighted by Gasteiger charge is -2.02. The molecule has 0 fully saturated rings. The first-order valence-corrected chi connectivity index (χ1v) is 5.88. The molecule has 0 spiro atoms. The summed E-state index contributed by atoms with van der Waals surface area (Å²) in [6.45, 7) is 3.83. The number of amides is 1. The molecule has 2 aromatic rings. The maximum absolute atomic E-state index is 11.7. The van der Waals surface area contributed by atoms with Crippen LogP contribution in [0.2, 0.25) is 0 Å². The summed E-state index contributed by atoms with van der Waals surface area (Å²) >= 11 is 0. The predicted octanol–water partition coefficient (Wildman–Crippen LogP) is 1.99. The van der Waals surface area contributed by atoms with Gasteiger partial charge in [0.2, 0.25) is 11.9 Å². The topological polar surface area (TPSA) is 70.7 Å². The van der Waals surface area contributed by atoms with Crippen molar-refractivity contribution in [2.24, 2.45) is 0 Å². The molecule has 1 amide bonds. The number of aryl methyl sites for hydroxylation is 3. The zero-order valence-corrected chi connectivity index (χ0v) is 10.5. The van der Waals surface area contributed by atoms with Gasteiger partial charge in [-0.15, -0.1) is 5.10 Å². The molecule has 18 heavy (non-hydrogen) atoms. The van der Waals surface area contributed by atoms with Crippen LogP contribution in [0.15, 0.2) is 24.3 Å². The van der Waals surface area contributed by atoms with E-state index in [0.717, 1.165) is 12.0 Å². The van der Waals surface area contributed by atoms with Crippen molar-refractivity contribution in [1.82, 2.24) is 15.2 Å². The maximum Gasteiger partial charge on any atom is 0.248 e. The third kappa shape index (κ3) is 3.41. The highest BCUT2D eigenvalue weighted by Gasteiger charge is 2.06. The molecule has 5 nitrogen and oxygen atoms in total. The average Bonchev–Trinajstić information content (AvgIpc) is 2.72. The molecule has 0 aliphatic carbocycles. The summed E-state index contributed by atoms with van der Waals surface area (Å²) < 4.78 is 0. The van der Waals surface area contributed by atoms with Crippen LogP contribution >= 0.6 is 0 Å². The van der Waals surface area contributed by atoms with Crippen molar-refractivity contribution < 1.29 is 4.79 Å². The van der Waals surface area contributed by atoms with Crippen LogP contribution in [-0.2, 0) is 11.2 Å².